The Morgan fingerprint density at radius 2 is 1.18 bits per heavy atom. The SMILES string of the molecule is CC(=O)O.CC(=O)O.N[C@@H](CC(=O)O)C(=O)O. The van der Waals surface area contributed by atoms with E-state index in [0.29, 0.717) is 0 Å². The number of carbonyl (C=O) groups is 4. The summed E-state index contributed by atoms with van der Waals surface area (Å²) < 4.78 is 0. The Hall–Kier alpha value is -2.16. The maximum absolute atomic E-state index is 9.85. The van der Waals surface area contributed by atoms with Gasteiger partial charge in [0, 0.05) is 13.8 Å². The summed E-state index contributed by atoms with van der Waals surface area (Å²) in [6.45, 7) is 2.17. The Labute approximate surface area is 96.5 Å². The minimum Gasteiger partial charge on any atom is -0.481 e. The number of aliphatic carboxylic acids is 4. The molecule has 9 heteroatoms. The molecule has 17 heavy (non-hydrogen) atoms. The summed E-state index contributed by atoms with van der Waals surface area (Å²) in [6.07, 6.45) is -0.532. The van der Waals surface area contributed by atoms with Crippen LogP contribution in [-0.2, 0) is 19.2 Å². The zero-order valence-electron chi connectivity index (χ0n) is 9.28. The zero-order valence-corrected chi connectivity index (χ0v) is 9.28. The molecular weight excluding hydrogens is 238 g/mol. The molecule has 0 fully saturated rings. The van der Waals surface area contributed by atoms with Gasteiger partial charge in [-0.05, 0) is 0 Å². The maximum Gasteiger partial charge on any atom is 0.321 e. The molecular formula is C8H15NO8. The molecule has 0 aromatic rings. The van der Waals surface area contributed by atoms with E-state index in [1.807, 2.05) is 0 Å². The van der Waals surface area contributed by atoms with Crippen LogP contribution in [0.2, 0.25) is 0 Å². The van der Waals surface area contributed by atoms with Crippen molar-refractivity contribution in [3.8, 4) is 0 Å². The van der Waals surface area contributed by atoms with Gasteiger partial charge in [0.1, 0.15) is 6.04 Å². The highest BCUT2D eigenvalue weighted by Crippen LogP contribution is 1.86. The summed E-state index contributed by atoms with van der Waals surface area (Å²) in [5, 5.41) is 30.9. The molecule has 0 rings (SSSR count). The number of hydrogen-bond acceptors (Lipinski definition) is 5. The Morgan fingerprint density at radius 3 is 1.24 bits per heavy atom. The van der Waals surface area contributed by atoms with Gasteiger partial charge < -0.3 is 26.2 Å². The predicted molar refractivity (Wildman–Crippen MR) is 54.5 cm³/mol. The summed E-state index contributed by atoms with van der Waals surface area (Å²) in [5.41, 5.74) is 4.84. The van der Waals surface area contributed by atoms with Crippen LogP contribution in [0.15, 0.2) is 0 Å². The second kappa shape index (κ2) is 11.9. The van der Waals surface area contributed by atoms with Crippen LogP contribution < -0.4 is 5.73 Å². The van der Waals surface area contributed by atoms with Gasteiger partial charge in [0.05, 0.1) is 6.42 Å². The molecule has 100 valence electrons. The molecule has 0 spiro atoms. The minimum atomic E-state index is -1.29. The molecule has 0 radical (unpaired) electrons. The Morgan fingerprint density at radius 1 is 0.941 bits per heavy atom. The smallest absolute Gasteiger partial charge is 0.321 e. The highest BCUT2D eigenvalue weighted by Gasteiger charge is 2.14. The molecule has 0 aromatic heterocycles. The monoisotopic (exact) mass is 253 g/mol. The van der Waals surface area contributed by atoms with Crippen molar-refractivity contribution in [2.75, 3.05) is 0 Å². The molecule has 0 saturated carbocycles. The molecule has 0 heterocycles. The predicted octanol–water partition coefficient (Wildman–Crippen LogP) is -0.945. The van der Waals surface area contributed by atoms with Crippen molar-refractivity contribution >= 4 is 23.9 Å². The second-order valence-electron chi connectivity index (χ2n) is 2.58. The van der Waals surface area contributed by atoms with Crippen molar-refractivity contribution in [3.63, 3.8) is 0 Å². The van der Waals surface area contributed by atoms with Gasteiger partial charge in [0.25, 0.3) is 11.9 Å². The number of carboxylic acid groups (broad SMARTS) is 4. The first-order valence-corrected chi connectivity index (χ1v) is 4.09. The number of rotatable bonds is 3. The van der Waals surface area contributed by atoms with Crippen molar-refractivity contribution in [1.82, 2.24) is 0 Å². The van der Waals surface area contributed by atoms with Crippen molar-refractivity contribution in [2.24, 2.45) is 5.73 Å². The van der Waals surface area contributed by atoms with Crippen LogP contribution in [0.4, 0.5) is 0 Å². The van der Waals surface area contributed by atoms with Gasteiger partial charge in [-0.1, -0.05) is 0 Å². The largest absolute Gasteiger partial charge is 0.481 e. The topological polar surface area (TPSA) is 175 Å². The van der Waals surface area contributed by atoms with E-state index >= 15 is 0 Å². The first kappa shape index (κ1) is 20.3. The summed E-state index contributed by atoms with van der Waals surface area (Å²) >= 11 is 0. The summed E-state index contributed by atoms with van der Waals surface area (Å²) in [7, 11) is 0. The van der Waals surface area contributed by atoms with E-state index in [1.165, 1.54) is 0 Å². The molecule has 0 amide bonds. The normalized spacial score (nSPS) is 9.59. The number of carboxylic acids is 4. The van der Waals surface area contributed by atoms with Crippen LogP contribution in [0.25, 0.3) is 0 Å². The Bertz CT molecular complexity index is 255. The van der Waals surface area contributed by atoms with Crippen molar-refractivity contribution in [2.45, 2.75) is 26.3 Å². The lowest BCUT2D eigenvalue weighted by Crippen LogP contribution is -2.32. The van der Waals surface area contributed by atoms with E-state index in [2.05, 4.69) is 0 Å². The van der Waals surface area contributed by atoms with E-state index < -0.39 is 36.3 Å². The molecule has 0 bridgehead atoms. The minimum absolute atomic E-state index is 0.532. The molecule has 0 aromatic carbocycles. The highest BCUT2D eigenvalue weighted by atomic mass is 16.4. The molecule has 6 N–H and O–H groups in total. The van der Waals surface area contributed by atoms with Crippen LogP contribution in [0.5, 0.6) is 0 Å². The lowest BCUT2D eigenvalue weighted by Gasteiger charge is -1.99. The van der Waals surface area contributed by atoms with Crippen molar-refractivity contribution in [3.05, 3.63) is 0 Å². The van der Waals surface area contributed by atoms with Gasteiger partial charge in [-0.2, -0.15) is 0 Å². The molecule has 0 saturated heterocycles. The van der Waals surface area contributed by atoms with E-state index in [4.69, 9.17) is 35.7 Å². The fourth-order valence-corrected chi connectivity index (χ4v) is 0.275. The van der Waals surface area contributed by atoms with Gasteiger partial charge in [0.15, 0.2) is 0 Å². The van der Waals surface area contributed by atoms with E-state index in [9.17, 15) is 9.59 Å². The molecule has 0 aliphatic carbocycles. The first-order valence-electron chi connectivity index (χ1n) is 4.09. The maximum atomic E-state index is 9.85. The van der Waals surface area contributed by atoms with Gasteiger partial charge in [0.2, 0.25) is 0 Å². The summed E-state index contributed by atoms with van der Waals surface area (Å²) in [6, 6.07) is -1.29. The van der Waals surface area contributed by atoms with Crippen molar-refractivity contribution < 1.29 is 39.6 Å². The molecule has 0 unspecified atom stereocenters. The molecule has 0 aliphatic rings. The fourth-order valence-electron chi connectivity index (χ4n) is 0.275. The average molecular weight is 253 g/mol. The first-order chi connectivity index (χ1) is 7.50. The average Bonchev–Trinajstić information content (AvgIpc) is 1.99. The van der Waals surface area contributed by atoms with Crippen LogP contribution in [-0.4, -0.2) is 50.3 Å². The van der Waals surface area contributed by atoms with Crippen LogP contribution in [0.1, 0.15) is 20.3 Å². The molecule has 0 aliphatic heterocycles. The lowest BCUT2D eigenvalue weighted by molar-refractivity contribution is -0.144. The zero-order chi connectivity index (χ0) is 14.6. The third-order valence-corrected chi connectivity index (χ3v) is 0.712. The van der Waals surface area contributed by atoms with Gasteiger partial charge in [-0.25, -0.2) is 0 Å². The molecule has 1 atom stereocenters. The summed E-state index contributed by atoms with van der Waals surface area (Å²) in [5.74, 6) is -4.16. The Kier molecular flexibility index (Phi) is 14.2. The van der Waals surface area contributed by atoms with Crippen LogP contribution in [0, 0.1) is 0 Å². The number of nitrogens with two attached hydrogens (primary N) is 1. The van der Waals surface area contributed by atoms with Crippen LogP contribution in [0.3, 0.4) is 0 Å². The Balaban J connectivity index is -0.000000205. The summed E-state index contributed by atoms with van der Waals surface area (Å²) in [4.78, 5) is 37.6. The van der Waals surface area contributed by atoms with E-state index in [1.54, 1.807) is 0 Å². The second-order valence-corrected chi connectivity index (χ2v) is 2.58. The van der Waals surface area contributed by atoms with Crippen molar-refractivity contribution in [1.29, 1.82) is 0 Å². The highest BCUT2D eigenvalue weighted by molar-refractivity contribution is 5.80. The van der Waals surface area contributed by atoms with E-state index in [0.717, 1.165) is 13.8 Å². The fraction of sp³-hybridized carbons (Fsp3) is 0.500. The standard InChI is InChI=1S/C4H7NO4.2C2H4O2/c5-2(4(8)9)1-3(6)7;2*1-2(3)4/h2H,1,5H2,(H,6,7)(H,8,9);2*1H3,(H,3,4)/t2-;;/m0../s1. The van der Waals surface area contributed by atoms with Gasteiger partial charge in [-0.15, -0.1) is 0 Å². The molecule has 9 nitrogen and oxygen atoms in total. The van der Waals surface area contributed by atoms with Gasteiger partial charge >= 0.3 is 11.9 Å². The van der Waals surface area contributed by atoms with Crippen LogP contribution >= 0.6 is 0 Å². The quantitative estimate of drug-likeness (QED) is 0.424. The van der Waals surface area contributed by atoms with E-state index in [-0.39, 0.29) is 0 Å². The lowest BCUT2D eigenvalue weighted by atomic mass is 10.2. The number of hydrogen-bond donors (Lipinski definition) is 5. The third-order valence-electron chi connectivity index (χ3n) is 0.712. The van der Waals surface area contributed by atoms with Gasteiger partial charge in [-0.3, -0.25) is 19.2 Å². The third kappa shape index (κ3) is 56.9.